The summed E-state index contributed by atoms with van der Waals surface area (Å²) in [6.45, 7) is 0. The number of hydrogen-bond acceptors (Lipinski definition) is 2. The Labute approximate surface area is 128 Å². The number of aromatic amines is 1. The Morgan fingerprint density at radius 2 is 1.76 bits per heavy atom. The summed E-state index contributed by atoms with van der Waals surface area (Å²) in [6, 6.07) is 17.4. The molecule has 3 aromatic rings. The van der Waals surface area contributed by atoms with Gasteiger partial charge in [-0.1, -0.05) is 54.1 Å². The van der Waals surface area contributed by atoms with Crippen molar-refractivity contribution in [3.63, 3.8) is 0 Å². The van der Waals surface area contributed by atoms with Crippen molar-refractivity contribution < 1.29 is 5.11 Å². The number of rotatable bonds is 4. The van der Waals surface area contributed by atoms with Gasteiger partial charge in [0.05, 0.1) is 18.0 Å². The van der Waals surface area contributed by atoms with E-state index in [1.54, 1.807) is 6.20 Å². The van der Waals surface area contributed by atoms with E-state index in [2.05, 4.69) is 10.2 Å². The van der Waals surface area contributed by atoms with Gasteiger partial charge in [0.25, 0.3) is 0 Å². The second-order valence-corrected chi connectivity index (χ2v) is 5.35. The molecule has 1 unspecified atom stereocenters. The Kier molecular flexibility index (Phi) is 4.04. The van der Waals surface area contributed by atoms with Crippen LogP contribution in [0.3, 0.4) is 0 Å². The number of aromatic nitrogens is 2. The summed E-state index contributed by atoms with van der Waals surface area (Å²) in [5.74, 6) is 0. The van der Waals surface area contributed by atoms with Gasteiger partial charge in [-0.3, -0.25) is 5.10 Å². The van der Waals surface area contributed by atoms with Gasteiger partial charge < -0.3 is 5.11 Å². The molecular formula is C17H15ClN2O. The average molecular weight is 299 g/mol. The zero-order valence-corrected chi connectivity index (χ0v) is 12.1. The van der Waals surface area contributed by atoms with Gasteiger partial charge in [-0.2, -0.15) is 5.10 Å². The fraction of sp³-hybridized carbons (Fsp3) is 0.118. The first kappa shape index (κ1) is 13.9. The molecule has 1 heterocycles. The molecule has 0 spiro atoms. The number of aliphatic hydroxyl groups excluding tert-OH is 1. The Morgan fingerprint density at radius 1 is 1.05 bits per heavy atom. The summed E-state index contributed by atoms with van der Waals surface area (Å²) in [5.41, 5.74) is 3.71. The zero-order valence-electron chi connectivity index (χ0n) is 11.3. The van der Waals surface area contributed by atoms with Crippen LogP contribution < -0.4 is 0 Å². The molecule has 0 aliphatic rings. The maximum atomic E-state index is 10.5. The second-order valence-electron chi connectivity index (χ2n) is 4.91. The highest BCUT2D eigenvalue weighted by Crippen LogP contribution is 2.28. The van der Waals surface area contributed by atoms with Crippen LogP contribution in [-0.4, -0.2) is 15.3 Å². The number of benzene rings is 2. The molecule has 2 aromatic carbocycles. The third-order valence-electron chi connectivity index (χ3n) is 3.43. The van der Waals surface area contributed by atoms with Gasteiger partial charge >= 0.3 is 0 Å². The molecule has 0 aliphatic carbocycles. The third-order valence-corrected chi connectivity index (χ3v) is 3.68. The number of nitrogens with zero attached hydrogens (tertiary/aromatic N) is 1. The number of aliphatic hydroxyl groups is 1. The van der Waals surface area contributed by atoms with Crippen molar-refractivity contribution in [2.24, 2.45) is 0 Å². The molecule has 106 valence electrons. The van der Waals surface area contributed by atoms with Crippen LogP contribution in [0.15, 0.2) is 60.8 Å². The van der Waals surface area contributed by atoms with Gasteiger partial charge in [-0.25, -0.2) is 0 Å². The zero-order chi connectivity index (χ0) is 14.7. The summed E-state index contributed by atoms with van der Waals surface area (Å²) in [5, 5.41) is 18.2. The van der Waals surface area contributed by atoms with Gasteiger partial charge in [-0.15, -0.1) is 0 Å². The fourth-order valence-electron chi connectivity index (χ4n) is 2.34. The van der Waals surface area contributed by atoms with E-state index in [4.69, 9.17) is 11.6 Å². The molecule has 1 atom stereocenters. The molecule has 0 radical (unpaired) electrons. The van der Waals surface area contributed by atoms with Crippen LogP contribution in [-0.2, 0) is 6.42 Å². The molecule has 1 aromatic heterocycles. The monoisotopic (exact) mass is 298 g/mol. The molecule has 0 saturated carbocycles. The number of nitrogens with one attached hydrogen (secondary N) is 1. The van der Waals surface area contributed by atoms with Crippen LogP contribution in [0.25, 0.3) is 11.3 Å². The van der Waals surface area contributed by atoms with Crippen LogP contribution in [0.1, 0.15) is 17.2 Å². The summed E-state index contributed by atoms with van der Waals surface area (Å²) < 4.78 is 0. The molecule has 0 amide bonds. The van der Waals surface area contributed by atoms with Crippen LogP contribution in [0.2, 0.25) is 5.02 Å². The first-order valence-electron chi connectivity index (χ1n) is 6.75. The molecule has 3 nitrogen and oxygen atoms in total. The highest BCUT2D eigenvalue weighted by atomic mass is 35.5. The van der Waals surface area contributed by atoms with Crippen LogP contribution in [0.4, 0.5) is 0 Å². The van der Waals surface area contributed by atoms with Crippen molar-refractivity contribution in [2.75, 3.05) is 0 Å². The normalized spacial score (nSPS) is 12.3. The predicted octanol–water partition coefficient (Wildman–Crippen LogP) is 4.01. The minimum absolute atomic E-state index is 0.524. The number of hydrogen-bond donors (Lipinski definition) is 2. The highest BCUT2D eigenvalue weighted by Gasteiger charge is 2.16. The highest BCUT2D eigenvalue weighted by molar-refractivity contribution is 6.30. The minimum Gasteiger partial charge on any atom is -0.388 e. The van der Waals surface area contributed by atoms with Crippen molar-refractivity contribution in [3.05, 3.63) is 76.9 Å². The molecule has 4 heteroatoms. The average Bonchev–Trinajstić information content (AvgIpc) is 3.00. The van der Waals surface area contributed by atoms with Crippen molar-refractivity contribution in [2.45, 2.75) is 12.5 Å². The quantitative estimate of drug-likeness (QED) is 0.764. The van der Waals surface area contributed by atoms with Crippen molar-refractivity contribution in [1.29, 1.82) is 0 Å². The van der Waals surface area contributed by atoms with Crippen molar-refractivity contribution in [3.8, 4) is 11.3 Å². The van der Waals surface area contributed by atoms with Crippen molar-refractivity contribution in [1.82, 2.24) is 10.2 Å². The molecule has 0 bridgehead atoms. The summed E-state index contributed by atoms with van der Waals surface area (Å²) >= 11 is 5.88. The van der Waals surface area contributed by atoms with Gasteiger partial charge in [-0.05, 0) is 23.3 Å². The van der Waals surface area contributed by atoms with E-state index in [1.165, 1.54) is 0 Å². The van der Waals surface area contributed by atoms with E-state index in [9.17, 15) is 5.11 Å². The van der Waals surface area contributed by atoms with E-state index in [1.807, 2.05) is 54.6 Å². The van der Waals surface area contributed by atoms with Crippen LogP contribution in [0, 0.1) is 0 Å². The van der Waals surface area contributed by atoms with Gasteiger partial charge in [0, 0.05) is 17.0 Å². The lowest BCUT2D eigenvalue weighted by Gasteiger charge is -2.11. The lowest BCUT2D eigenvalue weighted by Crippen LogP contribution is -2.02. The SMILES string of the molecule is OC(Cc1ccc(Cl)cc1)c1cn[nH]c1-c1ccccc1. The van der Waals surface area contributed by atoms with Crippen molar-refractivity contribution >= 4 is 11.6 Å². The van der Waals surface area contributed by atoms with Gasteiger partial charge in [0.15, 0.2) is 0 Å². The summed E-state index contributed by atoms with van der Waals surface area (Å²) in [6.07, 6.45) is 1.60. The minimum atomic E-state index is -0.611. The van der Waals surface area contributed by atoms with Crippen LogP contribution in [0.5, 0.6) is 0 Å². The molecular weight excluding hydrogens is 284 g/mol. The number of H-pyrrole nitrogens is 1. The lowest BCUT2D eigenvalue weighted by molar-refractivity contribution is 0.179. The fourth-order valence-corrected chi connectivity index (χ4v) is 2.46. The molecule has 0 aliphatic heterocycles. The van der Waals surface area contributed by atoms with E-state index in [0.717, 1.165) is 22.4 Å². The standard InChI is InChI=1S/C17H15ClN2O/c18-14-8-6-12(7-9-14)10-16(21)15-11-19-20-17(15)13-4-2-1-3-5-13/h1-9,11,16,21H,10H2,(H,19,20). The molecule has 2 N–H and O–H groups in total. The first-order valence-corrected chi connectivity index (χ1v) is 7.13. The molecule has 21 heavy (non-hydrogen) atoms. The topological polar surface area (TPSA) is 48.9 Å². The Balaban J connectivity index is 1.84. The summed E-state index contributed by atoms with van der Waals surface area (Å²) in [7, 11) is 0. The Bertz CT molecular complexity index is 707. The van der Waals surface area contributed by atoms with E-state index in [-0.39, 0.29) is 0 Å². The third kappa shape index (κ3) is 3.15. The van der Waals surface area contributed by atoms with Gasteiger partial charge in [0.2, 0.25) is 0 Å². The summed E-state index contributed by atoms with van der Waals surface area (Å²) in [4.78, 5) is 0. The smallest absolute Gasteiger partial charge is 0.0867 e. The molecule has 0 fully saturated rings. The molecule has 3 rings (SSSR count). The van der Waals surface area contributed by atoms with Gasteiger partial charge in [0.1, 0.15) is 0 Å². The maximum Gasteiger partial charge on any atom is 0.0867 e. The van der Waals surface area contributed by atoms with Crippen LogP contribution >= 0.6 is 11.6 Å². The largest absolute Gasteiger partial charge is 0.388 e. The van der Waals surface area contributed by atoms with E-state index >= 15 is 0 Å². The predicted molar refractivity (Wildman–Crippen MR) is 84.1 cm³/mol. The Hall–Kier alpha value is -2.10. The first-order chi connectivity index (χ1) is 10.2. The lowest BCUT2D eigenvalue weighted by atomic mass is 9.99. The maximum absolute atomic E-state index is 10.5. The van der Waals surface area contributed by atoms with E-state index < -0.39 is 6.10 Å². The Morgan fingerprint density at radius 3 is 2.48 bits per heavy atom. The molecule has 0 saturated heterocycles. The van der Waals surface area contributed by atoms with E-state index in [0.29, 0.717) is 11.4 Å². The second kappa shape index (κ2) is 6.12. The number of halogens is 1.